The zero-order chi connectivity index (χ0) is 15.9. The maximum Gasteiger partial charge on any atom is 0.142 e. The van der Waals surface area contributed by atoms with E-state index < -0.39 is 0 Å². The zero-order valence-electron chi connectivity index (χ0n) is 14.7. The summed E-state index contributed by atoms with van der Waals surface area (Å²) < 4.78 is 5.64. The average Bonchev–Trinajstić information content (AvgIpc) is 2.52. The Balaban J connectivity index is 1.95. The smallest absolute Gasteiger partial charge is 0.142 e. The highest BCUT2D eigenvalue weighted by Crippen LogP contribution is 2.32. The fourth-order valence-corrected chi connectivity index (χ4v) is 2.97. The molecule has 0 aromatic heterocycles. The first kappa shape index (κ1) is 17.1. The van der Waals surface area contributed by atoms with E-state index in [-0.39, 0.29) is 0 Å². The first-order valence-electron chi connectivity index (χ1n) is 8.72. The zero-order valence-corrected chi connectivity index (χ0v) is 14.7. The van der Waals surface area contributed by atoms with E-state index in [1.54, 1.807) is 7.11 Å². The lowest BCUT2D eigenvalue weighted by atomic mass is 9.98. The number of nitrogens with one attached hydrogen (secondary N) is 1. The first-order chi connectivity index (χ1) is 10.6. The molecule has 0 radical (unpaired) electrons. The summed E-state index contributed by atoms with van der Waals surface area (Å²) in [6.45, 7) is 11.2. The van der Waals surface area contributed by atoms with E-state index in [1.165, 1.54) is 30.5 Å². The summed E-state index contributed by atoms with van der Waals surface area (Å²) in [4.78, 5) is 2.47. The molecule has 0 unspecified atom stereocenters. The Morgan fingerprint density at radius 3 is 2.64 bits per heavy atom. The molecule has 1 fully saturated rings. The van der Waals surface area contributed by atoms with Crippen molar-refractivity contribution >= 4 is 5.69 Å². The molecule has 0 aliphatic carbocycles. The third-order valence-corrected chi connectivity index (χ3v) is 4.60. The maximum absolute atomic E-state index is 5.64. The van der Waals surface area contributed by atoms with Gasteiger partial charge in [0.25, 0.3) is 0 Å². The monoisotopic (exact) mass is 304 g/mol. The van der Waals surface area contributed by atoms with Crippen LogP contribution in [-0.4, -0.2) is 26.7 Å². The van der Waals surface area contributed by atoms with Gasteiger partial charge >= 0.3 is 0 Å². The fourth-order valence-electron chi connectivity index (χ4n) is 2.97. The molecule has 0 spiro atoms. The normalized spacial score (nSPS) is 16.3. The molecular weight excluding hydrogens is 272 g/mol. The quantitative estimate of drug-likeness (QED) is 0.769. The number of benzene rings is 1. The van der Waals surface area contributed by atoms with Gasteiger partial charge in [-0.05, 0) is 55.3 Å². The van der Waals surface area contributed by atoms with Gasteiger partial charge in [0.1, 0.15) is 5.75 Å². The number of nitrogens with zero attached hydrogens (tertiary/aromatic N) is 1. The highest BCUT2D eigenvalue weighted by atomic mass is 16.5. The third-order valence-electron chi connectivity index (χ3n) is 4.60. The van der Waals surface area contributed by atoms with Crippen LogP contribution in [0.3, 0.4) is 0 Å². The summed E-state index contributed by atoms with van der Waals surface area (Å²) in [6, 6.07) is 6.66. The summed E-state index contributed by atoms with van der Waals surface area (Å²) in [5.74, 6) is 2.62. The molecule has 124 valence electrons. The van der Waals surface area contributed by atoms with Gasteiger partial charge in [-0.2, -0.15) is 0 Å². The molecule has 1 aliphatic heterocycles. The second-order valence-corrected chi connectivity index (χ2v) is 7.04. The second-order valence-electron chi connectivity index (χ2n) is 7.04. The lowest BCUT2D eigenvalue weighted by Gasteiger charge is -2.33. The molecule has 3 nitrogen and oxygen atoms in total. The predicted octanol–water partition coefficient (Wildman–Crippen LogP) is 4.07. The summed E-state index contributed by atoms with van der Waals surface area (Å²) in [5, 5.41) is 3.52. The highest BCUT2D eigenvalue weighted by Gasteiger charge is 2.18. The topological polar surface area (TPSA) is 24.5 Å². The molecule has 1 aliphatic rings. The summed E-state index contributed by atoms with van der Waals surface area (Å²) in [6.07, 6.45) is 3.78. The number of ether oxygens (including phenoxy) is 1. The van der Waals surface area contributed by atoms with E-state index >= 15 is 0 Å². The lowest BCUT2D eigenvalue weighted by Crippen LogP contribution is -2.33. The van der Waals surface area contributed by atoms with E-state index in [0.29, 0.717) is 0 Å². The molecule has 0 amide bonds. The largest absolute Gasteiger partial charge is 0.495 e. The van der Waals surface area contributed by atoms with Gasteiger partial charge in [-0.3, -0.25) is 0 Å². The number of piperidine rings is 1. The highest BCUT2D eigenvalue weighted by molar-refractivity contribution is 5.60. The predicted molar refractivity (Wildman–Crippen MR) is 94.8 cm³/mol. The Hall–Kier alpha value is -1.22. The minimum absolute atomic E-state index is 0.755. The van der Waals surface area contributed by atoms with E-state index in [0.717, 1.165) is 43.8 Å². The second kappa shape index (κ2) is 8.42. The molecule has 1 aromatic rings. The third kappa shape index (κ3) is 4.91. The molecule has 0 atom stereocenters. The van der Waals surface area contributed by atoms with Crippen molar-refractivity contribution in [2.45, 2.75) is 46.6 Å². The van der Waals surface area contributed by atoms with E-state index in [2.05, 4.69) is 49.2 Å². The number of hydrogen-bond acceptors (Lipinski definition) is 3. The summed E-state index contributed by atoms with van der Waals surface area (Å²) >= 11 is 0. The molecule has 0 saturated carbocycles. The van der Waals surface area contributed by atoms with Crippen molar-refractivity contribution in [2.75, 3.05) is 31.6 Å². The van der Waals surface area contributed by atoms with Crippen LogP contribution in [0.25, 0.3) is 0 Å². The van der Waals surface area contributed by atoms with Crippen LogP contribution in [0, 0.1) is 11.8 Å². The molecule has 1 saturated heterocycles. The van der Waals surface area contributed by atoms with Gasteiger partial charge in [-0.25, -0.2) is 0 Å². The van der Waals surface area contributed by atoms with E-state index in [4.69, 9.17) is 4.74 Å². The molecule has 1 aromatic carbocycles. The van der Waals surface area contributed by atoms with Crippen LogP contribution in [0.4, 0.5) is 5.69 Å². The Bertz CT molecular complexity index is 451. The van der Waals surface area contributed by atoms with Crippen LogP contribution in [-0.2, 0) is 6.54 Å². The molecule has 22 heavy (non-hydrogen) atoms. The van der Waals surface area contributed by atoms with Crippen molar-refractivity contribution in [3.63, 3.8) is 0 Å². The average molecular weight is 304 g/mol. The van der Waals surface area contributed by atoms with Crippen molar-refractivity contribution in [1.82, 2.24) is 5.32 Å². The van der Waals surface area contributed by atoms with Gasteiger partial charge in [-0.1, -0.05) is 26.8 Å². The minimum Gasteiger partial charge on any atom is -0.495 e. The molecular formula is C19H32N2O. The van der Waals surface area contributed by atoms with Gasteiger partial charge in [0.2, 0.25) is 0 Å². The first-order valence-corrected chi connectivity index (χ1v) is 8.72. The van der Waals surface area contributed by atoms with Crippen LogP contribution < -0.4 is 15.0 Å². The van der Waals surface area contributed by atoms with Crippen molar-refractivity contribution < 1.29 is 4.74 Å². The van der Waals surface area contributed by atoms with Crippen LogP contribution >= 0.6 is 0 Å². The van der Waals surface area contributed by atoms with Crippen molar-refractivity contribution in [3.05, 3.63) is 23.8 Å². The Labute approximate surface area is 136 Å². The van der Waals surface area contributed by atoms with Gasteiger partial charge < -0.3 is 15.0 Å². The van der Waals surface area contributed by atoms with Gasteiger partial charge in [0, 0.05) is 19.6 Å². The van der Waals surface area contributed by atoms with Gasteiger partial charge in [0.15, 0.2) is 0 Å². The van der Waals surface area contributed by atoms with Crippen LogP contribution in [0.1, 0.15) is 45.6 Å². The van der Waals surface area contributed by atoms with E-state index in [9.17, 15) is 0 Å². The van der Waals surface area contributed by atoms with E-state index in [1.807, 2.05) is 0 Å². The number of methoxy groups -OCH3 is 1. The van der Waals surface area contributed by atoms with Crippen LogP contribution in [0.15, 0.2) is 18.2 Å². The number of rotatable bonds is 7. The Morgan fingerprint density at radius 2 is 2.00 bits per heavy atom. The minimum atomic E-state index is 0.755. The van der Waals surface area contributed by atoms with Crippen molar-refractivity contribution in [2.24, 2.45) is 11.8 Å². The standard InChI is InChI=1S/C19H32N2O/c1-15(2)7-10-20-14-17-5-6-18(19(13-17)22-4)21-11-8-16(3)9-12-21/h5-6,13,15-16,20H,7-12,14H2,1-4H3. The lowest BCUT2D eigenvalue weighted by molar-refractivity contribution is 0.403. The molecule has 0 bridgehead atoms. The Morgan fingerprint density at radius 1 is 1.27 bits per heavy atom. The van der Waals surface area contributed by atoms with Crippen molar-refractivity contribution in [3.8, 4) is 5.75 Å². The molecule has 1 N–H and O–H groups in total. The summed E-state index contributed by atoms with van der Waals surface area (Å²) in [5.41, 5.74) is 2.55. The summed E-state index contributed by atoms with van der Waals surface area (Å²) in [7, 11) is 1.78. The van der Waals surface area contributed by atoms with Gasteiger partial charge in [-0.15, -0.1) is 0 Å². The van der Waals surface area contributed by atoms with Crippen molar-refractivity contribution in [1.29, 1.82) is 0 Å². The fraction of sp³-hybridized carbons (Fsp3) is 0.684. The Kier molecular flexibility index (Phi) is 6.56. The van der Waals surface area contributed by atoms with Gasteiger partial charge in [0.05, 0.1) is 12.8 Å². The maximum atomic E-state index is 5.64. The van der Waals surface area contributed by atoms with Crippen LogP contribution in [0.2, 0.25) is 0 Å². The molecule has 1 heterocycles. The van der Waals surface area contributed by atoms with Crippen LogP contribution in [0.5, 0.6) is 5.75 Å². The SMILES string of the molecule is COc1cc(CNCCC(C)C)ccc1N1CCC(C)CC1. The molecule has 3 heteroatoms. The number of hydrogen-bond donors (Lipinski definition) is 1. The number of anilines is 1. The molecule has 2 rings (SSSR count).